The summed E-state index contributed by atoms with van der Waals surface area (Å²) in [5.74, 6) is -1.75. The lowest BCUT2D eigenvalue weighted by Crippen LogP contribution is -2.60. The third kappa shape index (κ3) is 11.0. The van der Waals surface area contributed by atoms with Crippen molar-refractivity contribution in [1.82, 2.24) is 26.2 Å². The lowest BCUT2D eigenvalue weighted by molar-refractivity contribution is -0.138. The van der Waals surface area contributed by atoms with Gasteiger partial charge in [0.25, 0.3) is 5.91 Å². The SMILES string of the molecule is CC(NC(=O)[C@H](CC(=O)N(C)C)NC(=O)[C@@H](NC(=O)CC(C)(C)C)C(C)(C)C)C(O)C(=O)NCc1ccc2c(c1)OCO2. The predicted molar refractivity (Wildman–Crippen MR) is 159 cm³/mol. The van der Waals surface area contributed by atoms with Crippen LogP contribution in [0.1, 0.15) is 66.9 Å². The Bertz CT molecular complexity index is 1190. The van der Waals surface area contributed by atoms with Crippen LogP contribution in [0, 0.1) is 10.8 Å². The van der Waals surface area contributed by atoms with Crippen molar-refractivity contribution in [1.29, 1.82) is 0 Å². The van der Waals surface area contributed by atoms with Crippen molar-refractivity contribution < 1.29 is 38.6 Å². The molecule has 4 atom stereocenters. The van der Waals surface area contributed by atoms with Gasteiger partial charge in [0, 0.05) is 27.1 Å². The number of carbonyl (C=O) groups excluding carboxylic acids is 5. The average molecular weight is 606 g/mol. The summed E-state index contributed by atoms with van der Waals surface area (Å²) in [5.41, 5.74) is -0.310. The molecule has 1 aliphatic heterocycles. The second-order valence-corrected chi connectivity index (χ2v) is 13.3. The number of nitrogens with one attached hydrogen (secondary N) is 4. The fourth-order valence-corrected chi connectivity index (χ4v) is 4.17. The van der Waals surface area contributed by atoms with Crippen LogP contribution in [0.15, 0.2) is 18.2 Å². The van der Waals surface area contributed by atoms with Crippen LogP contribution in [0.25, 0.3) is 0 Å². The summed E-state index contributed by atoms with van der Waals surface area (Å²) in [7, 11) is 3.03. The van der Waals surface area contributed by atoms with E-state index < -0.39 is 53.3 Å². The van der Waals surface area contributed by atoms with Crippen molar-refractivity contribution in [3.8, 4) is 11.5 Å². The molecular weight excluding hydrogens is 558 g/mol. The maximum atomic E-state index is 13.4. The first-order valence-corrected chi connectivity index (χ1v) is 14.2. The molecule has 0 saturated heterocycles. The van der Waals surface area contributed by atoms with Crippen LogP contribution in [0.2, 0.25) is 0 Å². The molecule has 2 unspecified atom stereocenters. The summed E-state index contributed by atoms with van der Waals surface area (Å²) < 4.78 is 10.6. The first-order valence-electron chi connectivity index (χ1n) is 14.2. The maximum Gasteiger partial charge on any atom is 0.251 e. The van der Waals surface area contributed by atoms with Gasteiger partial charge in [-0.2, -0.15) is 0 Å². The van der Waals surface area contributed by atoms with Gasteiger partial charge in [0.2, 0.25) is 30.4 Å². The van der Waals surface area contributed by atoms with Gasteiger partial charge in [0.15, 0.2) is 17.6 Å². The number of rotatable bonds is 12. The first-order chi connectivity index (χ1) is 19.8. The van der Waals surface area contributed by atoms with Crippen molar-refractivity contribution in [2.24, 2.45) is 10.8 Å². The van der Waals surface area contributed by atoms with E-state index in [2.05, 4.69) is 21.3 Å². The Labute approximate surface area is 253 Å². The summed E-state index contributed by atoms with van der Waals surface area (Å²) in [4.78, 5) is 65.9. The average Bonchev–Trinajstić information content (AvgIpc) is 3.35. The minimum absolute atomic E-state index is 0.0956. The molecule has 5 N–H and O–H groups in total. The lowest BCUT2D eigenvalue weighted by Gasteiger charge is -2.33. The highest BCUT2D eigenvalue weighted by Crippen LogP contribution is 2.32. The number of carbonyl (C=O) groups is 5. The van der Waals surface area contributed by atoms with Crippen LogP contribution in [0.5, 0.6) is 11.5 Å². The largest absolute Gasteiger partial charge is 0.454 e. The highest BCUT2D eigenvalue weighted by Gasteiger charge is 2.37. The number of hydrogen-bond acceptors (Lipinski definition) is 8. The van der Waals surface area contributed by atoms with E-state index >= 15 is 0 Å². The first kappa shape index (κ1) is 35.3. The Kier molecular flexibility index (Phi) is 11.9. The number of nitrogens with zero attached hydrogens (tertiary/aromatic N) is 1. The van der Waals surface area contributed by atoms with Crippen LogP contribution in [-0.4, -0.2) is 84.7 Å². The molecule has 5 amide bonds. The topological polar surface area (TPSA) is 175 Å². The van der Waals surface area contributed by atoms with Crippen LogP contribution < -0.4 is 30.7 Å². The van der Waals surface area contributed by atoms with E-state index in [1.54, 1.807) is 39.0 Å². The van der Waals surface area contributed by atoms with Crippen LogP contribution >= 0.6 is 0 Å². The Hall–Kier alpha value is -3.87. The second-order valence-electron chi connectivity index (χ2n) is 13.3. The molecule has 13 nitrogen and oxygen atoms in total. The van der Waals surface area contributed by atoms with Crippen LogP contribution in [0.4, 0.5) is 0 Å². The van der Waals surface area contributed by atoms with Gasteiger partial charge in [0.05, 0.1) is 12.5 Å². The fraction of sp³-hybridized carbons (Fsp3) is 0.633. The fourth-order valence-electron chi connectivity index (χ4n) is 4.17. The molecule has 0 spiro atoms. The lowest BCUT2D eigenvalue weighted by atomic mass is 9.85. The number of benzene rings is 1. The molecular formula is C30H47N5O8. The number of fused-ring (bicyclic) bond motifs is 1. The molecule has 0 fully saturated rings. The summed E-state index contributed by atoms with van der Waals surface area (Å²) in [6.07, 6.45) is -1.82. The van der Waals surface area contributed by atoms with E-state index in [0.717, 1.165) is 5.56 Å². The summed E-state index contributed by atoms with van der Waals surface area (Å²) in [6, 6.07) is 1.77. The van der Waals surface area contributed by atoms with Crippen molar-refractivity contribution in [2.45, 2.75) is 92.1 Å². The Morgan fingerprint density at radius 1 is 0.907 bits per heavy atom. The molecule has 0 bridgehead atoms. The zero-order chi connectivity index (χ0) is 32.7. The van der Waals surface area contributed by atoms with Gasteiger partial charge in [-0.15, -0.1) is 0 Å². The van der Waals surface area contributed by atoms with Crippen molar-refractivity contribution in [3.63, 3.8) is 0 Å². The molecule has 1 heterocycles. The van der Waals surface area contributed by atoms with Gasteiger partial charge in [-0.25, -0.2) is 0 Å². The molecule has 43 heavy (non-hydrogen) atoms. The van der Waals surface area contributed by atoms with Crippen molar-refractivity contribution in [3.05, 3.63) is 23.8 Å². The highest BCUT2D eigenvalue weighted by atomic mass is 16.7. The number of aliphatic hydroxyl groups excluding tert-OH is 1. The quantitative estimate of drug-likeness (QED) is 0.233. The number of ether oxygens (including phenoxy) is 2. The van der Waals surface area contributed by atoms with Gasteiger partial charge in [-0.05, 0) is 35.4 Å². The monoisotopic (exact) mass is 605 g/mol. The molecule has 1 aliphatic rings. The number of amides is 5. The molecule has 0 aromatic heterocycles. The summed E-state index contributed by atoms with van der Waals surface area (Å²) >= 11 is 0. The van der Waals surface area contributed by atoms with Crippen molar-refractivity contribution in [2.75, 3.05) is 20.9 Å². The minimum atomic E-state index is -1.63. The molecule has 1 aromatic rings. The Morgan fingerprint density at radius 3 is 2.12 bits per heavy atom. The van der Waals surface area contributed by atoms with E-state index in [4.69, 9.17) is 9.47 Å². The Balaban J connectivity index is 2.09. The number of hydrogen-bond donors (Lipinski definition) is 5. The molecule has 0 aliphatic carbocycles. The van der Waals surface area contributed by atoms with E-state index in [0.29, 0.717) is 11.5 Å². The molecule has 0 radical (unpaired) electrons. The van der Waals surface area contributed by atoms with Crippen molar-refractivity contribution >= 4 is 29.5 Å². The van der Waals surface area contributed by atoms with Crippen LogP contribution in [0.3, 0.4) is 0 Å². The summed E-state index contributed by atoms with van der Waals surface area (Å²) in [5, 5.41) is 21.1. The molecule has 1 aromatic carbocycles. The molecule has 13 heteroatoms. The number of aliphatic hydroxyl groups is 1. The smallest absolute Gasteiger partial charge is 0.251 e. The van der Waals surface area contributed by atoms with Gasteiger partial charge < -0.3 is 40.7 Å². The van der Waals surface area contributed by atoms with Gasteiger partial charge in [-0.1, -0.05) is 47.6 Å². The van der Waals surface area contributed by atoms with E-state index in [9.17, 15) is 29.1 Å². The van der Waals surface area contributed by atoms with E-state index in [1.807, 2.05) is 20.8 Å². The summed E-state index contributed by atoms with van der Waals surface area (Å²) in [6.45, 7) is 12.7. The molecule has 2 rings (SSSR count). The third-order valence-corrected chi connectivity index (χ3v) is 6.65. The zero-order valence-corrected chi connectivity index (χ0v) is 26.6. The Morgan fingerprint density at radius 2 is 1.53 bits per heavy atom. The highest BCUT2D eigenvalue weighted by molar-refractivity contribution is 5.95. The molecule has 0 saturated carbocycles. The van der Waals surface area contributed by atoms with Gasteiger partial charge in [0.1, 0.15) is 12.1 Å². The minimum Gasteiger partial charge on any atom is -0.454 e. The standard InChI is InChI=1S/C30H47N5O8/c1-17(24(38)27(40)31-15-18-10-11-20-21(12-18)43-16-42-20)32-26(39)19(13-23(37)35(8)9)33-28(41)25(30(5,6)7)34-22(36)14-29(2,3)4/h10-12,17,19,24-25,38H,13-16H2,1-9H3,(H,31,40)(H,32,39)(H,33,41)(H,34,36)/t17?,19-,24?,25+/m0/s1. The normalized spacial score (nSPS) is 15.4. The van der Waals surface area contributed by atoms with E-state index in [1.165, 1.54) is 25.9 Å². The molecule has 240 valence electrons. The van der Waals surface area contributed by atoms with Gasteiger partial charge >= 0.3 is 0 Å². The second kappa shape index (κ2) is 14.5. The van der Waals surface area contributed by atoms with Gasteiger partial charge in [-0.3, -0.25) is 24.0 Å². The van der Waals surface area contributed by atoms with E-state index in [-0.39, 0.29) is 37.5 Å². The zero-order valence-electron chi connectivity index (χ0n) is 26.6. The van der Waals surface area contributed by atoms with Crippen LogP contribution in [-0.2, 0) is 30.5 Å². The maximum absolute atomic E-state index is 13.4. The predicted octanol–water partition coefficient (Wildman–Crippen LogP) is 0.827. The third-order valence-electron chi connectivity index (χ3n) is 6.65.